The molecule has 0 saturated heterocycles. The molecule has 1 aromatic rings. The highest BCUT2D eigenvalue weighted by atomic mass is 32.1. The molecule has 3 nitrogen and oxygen atoms in total. The minimum Gasteiger partial charge on any atom is -0.359 e. The lowest BCUT2D eigenvalue weighted by atomic mass is 10.4. The lowest BCUT2D eigenvalue weighted by Gasteiger charge is -1.95. The van der Waals surface area contributed by atoms with Crippen LogP contribution < -0.4 is 10.6 Å². The van der Waals surface area contributed by atoms with E-state index in [2.05, 4.69) is 22.5 Å². The fraction of sp³-hybridized carbons (Fsp3) is 0.667. The smallest absolute Gasteiger partial charge is 0.183 e. The van der Waals surface area contributed by atoms with Crippen molar-refractivity contribution in [2.45, 2.75) is 32.4 Å². The van der Waals surface area contributed by atoms with Gasteiger partial charge in [0.25, 0.3) is 0 Å². The van der Waals surface area contributed by atoms with Crippen molar-refractivity contribution in [3.8, 4) is 0 Å². The van der Waals surface area contributed by atoms with Crippen LogP contribution in [0.1, 0.15) is 23.4 Å². The molecule has 1 saturated carbocycles. The summed E-state index contributed by atoms with van der Waals surface area (Å²) < 4.78 is 0. The van der Waals surface area contributed by atoms with Crippen LogP contribution >= 0.6 is 11.3 Å². The first-order valence-electron chi connectivity index (χ1n) is 4.67. The van der Waals surface area contributed by atoms with Gasteiger partial charge in [-0.15, -0.1) is 11.3 Å². The molecule has 0 aromatic carbocycles. The van der Waals surface area contributed by atoms with Gasteiger partial charge in [-0.05, 0) is 26.8 Å². The van der Waals surface area contributed by atoms with Crippen molar-refractivity contribution in [3.05, 3.63) is 10.6 Å². The van der Waals surface area contributed by atoms with Gasteiger partial charge in [0.05, 0.1) is 5.69 Å². The minimum absolute atomic E-state index is 0.702. The summed E-state index contributed by atoms with van der Waals surface area (Å²) in [5.41, 5.74) is 1.16. The Morgan fingerprint density at radius 1 is 1.54 bits per heavy atom. The lowest BCUT2D eigenvalue weighted by Crippen LogP contribution is -2.04. The molecule has 1 heterocycles. The molecule has 0 aliphatic heterocycles. The zero-order valence-corrected chi connectivity index (χ0v) is 8.87. The summed E-state index contributed by atoms with van der Waals surface area (Å²) in [6, 6.07) is 0.702. The van der Waals surface area contributed by atoms with Gasteiger partial charge >= 0.3 is 0 Å². The largest absolute Gasteiger partial charge is 0.359 e. The van der Waals surface area contributed by atoms with Gasteiger partial charge in [-0.25, -0.2) is 4.98 Å². The molecule has 13 heavy (non-hydrogen) atoms. The number of nitrogens with zero attached hydrogens (tertiary/aromatic N) is 1. The predicted octanol–water partition coefficient (Wildman–Crippen LogP) is 1.75. The molecule has 0 amide bonds. The second kappa shape index (κ2) is 3.64. The van der Waals surface area contributed by atoms with Crippen molar-refractivity contribution in [2.24, 2.45) is 0 Å². The molecule has 2 rings (SSSR count). The molecule has 1 aromatic heterocycles. The summed E-state index contributed by atoms with van der Waals surface area (Å²) in [5.74, 6) is 0. The standard InChI is InChI=1S/C9H15N3S/c1-6-8(5-10-2)13-9(11-6)12-7-3-4-7/h7,10H,3-5H2,1-2H3,(H,11,12). The molecular weight excluding hydrogens is 182 g/mol. The van der Waals surface area contributed by atoms with Crippen molar-refractivity contribution < 1.29 is 0 Å². The lowest BCUT2D eigenvalue weighted by molar-refractivity contribution is 0.823. The zero-order chi connectivity index (χ0) is 9.26. The van der Waals surface area contributed by atoms with Crippen LogP contribution in [0.15, 0.2) is 0 Å². The van der Waals surface area contributed by atoms with Crippen LogP contribution in [0.25, 0.3) is 0 Å². The summed E-state index contributed by atoms with van der Waals surface area (Å²) in [5, 5.41) is 7.65. The molecule has 1 fully saturated rings. The van der Waals surface area contributed by atoms with Gasteiger partial charge in [0.15, 0.2) is 5.13 Å². The normalized spacial score (nSPS) is 16.2. The Morgan fingerprint density at radius 3 is 2.92 bits per heavy atom. The Bertz CT molecular complexity index is 291. The molecule has 72 valence electrons. The number of aryl methyl sites for hydroxylation is 1. The second-order valence-corrected chi connectivity index (χ2v) is 4.56. The number of rotatable bonds is 4. The van der Waals surface area contributed by atoms with Crippen molar-refractivity contribution in [1.82, 2.24) is 10.3 Å². The highest BCUT2D eigenvalue weighted by Gasteiger charge is 2.22. The first kappa shape index (κ1) is 8.97. The second-order valence-electron chi connectivity index (χ2n) is 3.48. The van der Waals surface area contributed by atoms with Gasteiger partial charge in [0, 0.05) is 17.5 Å². The topological polar surface area (TPSA) is 37.0 Å². The molecular formula is C9H15N3S. The Labute approximate surface area is 82.6 Å². The van der Waals surface area contributed by atoms with E-state index in [0.29, 0.717) is 6.04 Å². The zero-order valence-electron chi connectivity index (χ0n) is 8.05. The van der Waals surface area contributed by atoms with Gasteiger partial charge in [-0.2, -0.15) is 0 Å². The van der Waals surface area contributed by atoms with Crippen LogP contribution in [0, 0.1) is 6.92 Å². The average Bonchev–Trinajstić information content (AvgIpc) is 2.81. The van der Waals surface area contributed by atoms with Crippen LogP contribution in [0.3, 0.4) is 0 Å². The molecule has 1 aliphatic carbocycles. The number of hydrogen-bond acceptors (Lipinski definition) is 4. The van der Waals surface area contributed by atoms with Crippen molar-refractivity contribution in [2.75, 3.05) is 12.4 Å². The summed E-state index contributed by atoms with van der Waals surface area (Å²) >= 11 is 1.77. The van der Waals surface area contributed by atoms with Gasteiger partial charge < -0.3 is 10.6 Å². The third kappa shape index (κ3) is 2.19. The molecule has 0 bridgehead atoms. The van der Waals surface area contributed by atoms with E-state index >= 15 is 0 Å². The van der Waals surface area contributed by atoms with Gasteiger partial charge in [0.2, 0.25) is 0 Å². The van der Waals surface area contributed by atoms with E-state index in [1.165, 1.54) is 17.7 Å². The van der Waals surface area contributed by atoms with Gasteiger partial charge in [-0.3, -0.25) is 0 Å². The quantitative estimate of drug-likeness (QED) is 0.772. The first-order chi connectivity index (χ1) is 6.29. The molecule has 2 N–H and O–H groups in total. The van der Waals surface area contributed by atoms with E-state index in [4.69, 9.17) is 0 Å². The monoisotopic (exact) mass is 197 g/mol. The van der Waals surface area contributed by atoms with Crippen molar-refractivity contribution in [3.63, 3.8) is 0 Å². The SMILES string of the molecule is CNCc1sc(NC2CC2)nc1C. The Morgan fingerprint density at radius 2 is 2.31 bits per heavy atom. The van der Waals surface area contributed by atoms with E-state index in [9.17, 15) is 0 Å². The molecule has 1 aliphatic rings. The molecule has 0 unspecified atom stereocenters. The molecule has 0 spiro atoms. The fourth-order valence-corrected chi connectivity index (χ4v) is 2.27. The molecule has 0 atom stereocenters. The third-order valence-corrected chi connectivity index (χ3v) is 3.22. The van der Waals surface area contributed by atoms with Crippen LogP contribution in [0.2, 0.25) is 0 Å². The van der Waals surface area contributed by atoms with Crippen LogP contribution in [-0.2, 0) is 6.54 Å². The number of anilines is 1. The van der Waals surface area contributed by atoms with Crippen molar-refractivity contribution in [1.29, 1.82) is 0 Å². The van der Waals surface area contributed by atoms with E-state index < -0.39 is 0 Å². The number of thiazole rings is 1. The molecule has 4 heteroatoms. The number of aromatic nitrogens is 1. The Kier molecular flexibility index (Phi) is 2.51. The highest BCUT2D eigenvalue weighted by molar-refractivity contribution is 7.15. The van der Waals surface area contributed by atoms with Gasteiger partial charge in [-0.1, -0.05) is 0 Å². The summed E-state index contributed by atoms with van der Waals surface area (Å²) in [6.07, 6.45) is 2.61. The van der Waals surface area contributed by atoms with Gasteiger partial charge in [0.1, 0.15) is 0 Å². The van der Waals surface area contributed by atoms with E-state index in [1.54, 1.807) is 11.3 Å². The van der Waals surface area contributed by atoms with E-state index in [0.717, 1.165) is 17.4 Å². The van der Waals surface area contributed by atoms with Crippen LogP contribution in [0.4, 0.5) is 5.13 Å². The van der Waals surface area contributed by atoms with Crippen LogP contribution in [-0.4, -0.2) is 18.1 Å². The summed E-state index contributed by atoms with van der Waals surface area (Å²) in [6.45, 7) is 3.00. The number of nitrogens with one attached hydrogen (secondary N) is 2. The van der Waals surface area contributed by atoms with E-state index in [1.807, 2.05) is 7.05 Å². The Hall–Kier alpha value is -0.610. The van der Waals surface area contributed by atoms with Crippen LogP contribution in [0.5, 0.6) is 0 Å². The van der Waals surface area contributed by atoms with Crippen molar-refractivity contribution >= 4 is 16.5 Å². The van der Waals surface area contributed by atoms with E-state index in [-0.39, 0.29) is 0 Å². The first-order valence-corrected chi connectivity index (χ1v) is 5.48. The maximum atomic E-state index is 4.48. The fourth-order valence-electron chi connectivity index (χ4n) is 1.22. The predicted molar refractivity (Wildman–Crippen MR) is 56.3 cm³/mol. The maximum Gasteiger partial charge on any atom is 0.183 e. The third-order valence-electron chi connectivity index (χ3n) is 2.13. The summed E-state index contributed by atoms with van der Waals surface area (Å²) in [4.78, 5) is 5.82. The minimum atomic E-state index is 0.702. The number of hydrogen-bond donors (Lipinski definition) is 2. The molecule has 0 radical (unpaired) electrons. The Balaban J connectivity index is 2.04. The summed E-state index contributed by atoms with van der Waals surface area (Å²) in [7, 11) is 1.97. The highest BCUT2D eigenvalue weighted by Crippen LogP contribution is 2.28. The maximum absolute atomic E-state index is 4.48. The average molecular weight is 197 g/mol.